The third-order valence-corrected chi connectivity index (χ3v) is 4.21. The Morgan fingerprint density at radius 3 is 3.00 bits per heavy atom. The van der Waals surface area contributed by atoms with Gasteiger partial charge in [-0.3, -0.25) is 4.98 Å². The normalized spacial score (nSPS) is 24.2. The number of pyridine rings is 1. The maximum Gasteiger partial charge on any atom is 0.0338 e. The van der Waals surface area contributed by atoms with E-state index in [1.165, 1.54) is 11.3 Å². The van der Waals surface area contributed by atoms with Gasteiger partial charge in [-0.25, -0.2) is 0 Å². The first kappa shape index (κ1) is 11.9. The van der Waals surface area contributed by atoms with E-state index >= 15 is 0 Å². The van der Waals surface area contributed by atoms with Crippen LogP contribution in [0.15, 0.2) is 24.5 Å². The van der Waals surface area contributed by atoms with Gasteiger partial charge in [0.1, 0.15) is 0 Å². The predicted molar refractivity (Wildman–Crippen MR) is 69.7 cm³/mol. The summed E-state index contributed by atoms with van der Waals surface area (Å²) in [5.41, 5.74) is 7.58. The highest BCUT2D eigenvalue weighted by Crippen LogP contribution is 2.18. The molecule has 1 fully saturated rings. The van der Waals surface area contributed by atoms with Crippen molar-refractivity contribution in [1.82, 2.24) is 9.88 Å². The summed E-state index contributed by atoms with van der Waals surface area (Å²) >= 11 is 2.01. The van der Waals surface area contributed by atoms with Crippen molar-refractivity contribution in [1.29, 1.82) is 0 Å². The number of likely N-dealkylation sites (N-methyl/N-ethyl adjacent to an activating group) is 1. The number of hydrogen-bond donors (Lipinski definition) is 1. The van der Waals surface area contributed by atoms with Crippen molar-refractivity contribution >= 4 is 11.8 Å². The zero-order valence-corrected chi connectivity index (χ0v) is 10.5. The molecule has 0 aromatic carbocycles. The summed E-state index contributed by atoms with van der Waals surface area (Å²) in [6.45, 7) is 1.15. The van der Waals surface area contributed by atoms with Crippen LogP contribution in [0, 0.1) is 0 Å². The van der Waals surface area contributed by atoms with E-state index in [-0.39, 0.29) is 6.04 Å². The van der Waals surface area contributed by atoms with E-state index < -0.39 is 0 Å². The molecule has 88 valence electrons. The van der Waals surface area contributed by atoms with Crippen LogP contribution in [-0.4, -0.2) is 47.1 Å². The fraction of sp³-hybridized carbons (Fsp3) is 0.583. The molecule has 1 aromatic heterocycles. The summed E-state index contributed by atoms with van der Waals surface area (Å²) < 4.78 is 0. The first-order chi connectivity index (χ1) is 7.77. The van der Waals surface area contributed by atoms with Gasteiger partial charge in [-0.1, -0.05) is 0 Å². The topological polar surface area (TPSA) is 42.1 Å². The average Bonchev–Trinajstić information content (AvgIpc) is 2.31. The van der Waals surface area contributed by atoms with Gasteiger partial charge in [0.15, 0.2) is 0 Å². The van der Waals surface area contributed by atoms with E-state index in [1.54, 1.807) is 0 Å². The maximum absolute atomic E-state index is 6.30. The molecule has 1 aliphatic heterocycles. The minimum atomic E-state index is 0.222. The molecule has 0 bridgehead atoms. The lowest BCUT2D eigenvalue weighted by molar-refractivity contribution is 0.235. The first-order valence-corrected chi connectivity index (χ1v) is 6.85. The summed E-state index contributed by atoms with van der Waals surface area (Å²) in [6.07, 6.45) is 4.61. The molecule has 1 saturated heterocycles. The van der Waals surface area contributed by atoms with Gasteiger partial charge in [0.05, 0.1) is 0 Å². The van der Waals surface area contributed by atoms with E-state index in [1.807, 2.05) is 24.2 Å². The van der Waals surface area contributed by atoms with Crippen LogP contribution in [-0.2, 0) is 6.42 Å². The lowest BCUT2D eigenvalue weighted by Gasteiger charge is -2.36. The van der Waals surface area contributed by atoms with Gasteiger partial charge in [0, 0.05) is 42.5 Å². The van der Waals surface area contributed by atoms with Crippen molar-refractivity contribution in [2.45, 2.75) is 18.5 Å². The van der Waals surface area contributed by atoms with Crippen LogP contribution in [0.2, 0.25) is 0 Å². The van der Waals surface area contributed by atoms with Crippen molar-refractivity contribution in [3.05, 3.63) is 30.1 Å². The van der Waals surface area contributed by atoms with Gasteiger partial charge in [-0.2, -0.15) is 11.8 Å². The first-order valence-electron chi connectivity index (χ1n) is 5.70. The Morgan fingerprint density at radius 1 is 1.56 bits per heavy atom. The number of hydrogen-bond acceptors (Lipinski definition) is 4. The molecule has 0 amide bonds. The lowest BCUT2D eigenvalue weighted by Crippen LogP contribution is -2.51. The zero-order chi connectivity index (χ0) is 11.4. The number of thioether (sulfide) groups is 1. The molecule has 2 rings (SSSR count). The maximum atomic E-state index is 6.30. The third-order valence-electron chi connectivity index (χ3n) is 3.16. The van der Waals surface area contributed by atoms with Gasteiger partial charge >= 0.3 is 0 Å². The largest absolute Gasteiger partial charge is 0.326 e. The summed E-state index contributed by atoms with van der Waals surface area (Å²) in [5, 5.41) is 0. The molecule has 16 heavy (non-hydrogen) atoms. The summed E-state index contributed by atoms with van der Waals surface area (Å²) in [5.74, 6) is 2.39. The molecule has 2 N–H and O–H groups in total. The number of aromatic nitrogens is 1. The molecule has 1 aromatic rings. The fourth-order valence-electron chi connectivity index (χ4n) is 2.08. The van der Waals surface area contributed by atoms with Crippen LogP contribution >= 0.6 is 11.8 Å². The summed E-state index contributed by atoms with van der Waals surface area (Å²) in [4.78, 5) is 6.42. The van der Waals surface area contributed by atoms with Gasteiger partial charge in [0.2, 0.25) is 0 Å². The van der Waals surface area contributed by atoms with Crippen LogP contribution in [0.3, 0.4) is 0 Å². The highest BCUT2D eigenvalue weighted by molar-refractivity contribution is 7.99. The molecule has 4 heteroatoms. The Morgan fingerprint density at radius 2 is 2.31 bits per heavy atom. The number of nitrogens with zero attached hydrogens (tertiary/aromatic N) is 2. The van der Waals surface area contributed by atoms with E-state index in [9.17, 15) is 0 Å². The highest BCUT2D eigenvalue weighted by Gasteiger charge is 2.25. The molecular formula is C12H19N3S. The van der Waals surface area contributed by atoms with Crippen molar-refractivity contribution < 1.29 is 0 Å². The monoisotopic (exact) mass is 237 g/mol. The Hall–Kier alpha value is -0.580. The molecule has 0 spiro atoms. The van der Waals surface area contributed by atoms with E-state index in [4.69, 9.17) is 5.73 Å². The van der Waals surface area contributed by atoms with Crippen LogP contribution in [0.5, 0.6) is 0 Å². The van der Waals surface area contributed by atoms with Gasteiger partial charge < -0.3 is 10.6 Å². The second kappa shape index (κ2) is 5.66. The third kappa shape index (κ3) is 2.97. The predicted octanol–water partition coefficient (Wildman–Crippen LogP) is 0.999. The number of nitrogens with two attached hydrogens (primary N) is 1. The van der Waals surface area contributed by atoms with Crippen molar-refractivity contribution in [3.63, 3.8) is 0 Å². The molecule has 0 aliphatic carbocycles. The lowest BCUT2D eigenvalue weighted by atomic mass is 10.0. The second-order valence-electron chi connectivity index (χ2n) is 4.35. The fourth-order valence-corrected chi connectivity index (χ4v) is 3.41. The van der Waals surface area contributed by atoms with Gasteiger partial charge in [-0.05, 0) is 31.2 Å². The van der Waals surface area contributed by atoms with Crippen molar-refractivity contribution in [2.75, 3.05) is 25.1 Å². The summed E-state index contributed by atoms with van der Waals surface area (Å²) in [7, 11) is 2.18. The second-order valence-corrected chi connectivity index (χ2v) is 5.50. The van der Waals surface area contributed by atoms with Crippen LogP contribution in [0.4, 0.5) is 0 Å². The van der Waals surface area contributed by atoms with E-state index in [2.05, 4.69) is 29.1 Å². The van der Waals surface area contributed by atoms with Gasteiger partial charge in [-0.15, -0.1) is 0 Å². The molecule has 0 saturated carbocycles. The van der Waals surface area contributed by atoms with Crippen LogP contribution in [0.1, 0.15) is 5.56 Å². The van der Waals surface area contributed by atoms with Crippen LogP contribution in [0.25, 0.3) is 0 Å². The Balaban J connectivity index is 1.94. The van der Waals surface area contributed by atoms with E-state index in [0.717, 1.165) is 18.7 Å². The number of rotatable bonds is 3. The van der Waals surface area contributed by atoms with Crippen molar-refractivity contribution in [3.8, 4) is 0 Å². The smallest absolute Gasteiger partial charge is 0.0338 e. The van der Waals surface area contributed by atoms with Gasteiger partial charge in [0.25, 0.3) is 0 Å². The Bertz CT molecular complexity index is 317. The quantitative estimate of drug-likeness (QED) is 0.851. The minimum absolute atomic E-state index is 0.222. The average molecular weight is 237 g/mol. The molecule has 2 atom stereocenters. The standard InChI is InChI=1S/C12H19N3S/c1-15-6-7-16-9-12(15)11(13)8-10-2-4-14-5-3-10/h2-5,11-12H,6-9,13H2,1H3. The molecule has 2 heterocycles. The molecule has 2 unspecified atom stereocenters. The zero-order valence-electron chi connectivity index (χ0n) is 9.67. The minimum Gasteiger partial charge on any atom is -0.326 e. The molecular weight excluding hydrogens is 218 g/mol. The SMILES string of the molecule is CN1CCSCC1C(N)Cc1ccncc1. The van der Waals surface area contributed by atoms with Crippen molar-refractivity contribution in [2.24, 2.45) is 5.73 Å². The molecule has 3 nitrogen and oxygen atoms in total. The molecule has 1 aliphatic rings. The summed E-state index contributed by atoms with van der Waals surface area (Å²) in [6, 6.07) is 4.83. The van der Waals surface area contributed by atoms with E-state index in [0.29, 0.717) is 6.04 Å². The Kier molecular flexibility index (Phi) is 4.21. The Labute approximate surface area is 101 Å². The molecule has 0 radical (unpaired) electrons. The van der Waals surface area contributed by atoms with Crippen LogP contribution < -0.4 is 5.73 Å². The highest BCUT2D eigenvalue weighted by atomic mass is 32.2.